The first-order chi connectivity index (χ1) is 14.0. The van der Waals surface area contributed by atoms with Gasteiger partial charge in [0.15, 0.2) is 11.6 Å². The molecule has 1 aliphatic rings. The Bertz CT molecular complexity index is 650. The van der Waals surface area contributed by atoms with Gasteiger partial charge in [-0.3, -0.25) is 9.69 Å². The Balaban J connectivity index is 1.83. The number of halogens is 2. The molecule has 1 N–H and O–H groups in total. The minimum atomic E-state index is -0.710. The van der Waals surface area contributed by atoms with Gasteiger partial charge in [0, 0.05) is 31.1 Å². The molecule has 1 aromatic rings. The molecule has 1 saturated carbocycles. The quantitative estimate of drug-likeness (QED) is 0.456. The molecule has 0 spiro atoms. The molecule has 29 heavy (non-hydrogen) atoms. The number of nitrogens with zero attached hydrogens (tertiary/aromatic N) is 1. The second-order valence-corrected chi connectivity index (χ2v) is 8.58. The topological polar surface area (TPSA) is 32.3 Å². The summed E-state index contributed by atoms with van der Waals surface area (Å²) in [5.41, 5.74) is 0.889. The molecule has 0 bridgehead atoms. The maximum absolute atomic E-state index is 14.6. The van der Waals surface area contributed by atoms with Crippen LogP contribution in [0.2, 0.25) is 0 Å². The van der Waals surface area contributed by atoms with Crippen molar-refractivity contribution < 1.29 is 13.6 Å². The van der Waals surface area contributed by atoms with E-state index in [1.54, 1.807) is 19.2 Å². The molecule has 0 radical (unpaired) electrons. The van der Waals surface area contributed by atoms with Crippen LogP contribution in [0.4, 0.5) is 8.78 Å². The van der Waals surface area contributed by atoms with Crippen molar-refractivity contribution in [2.24, 2.45) is 5.92 Å². The summed E-state index contributed by atoms with van der Waals surface area (Å²) in [7, 11) is 3.59. The third-order valence-corrected chi connectivity index (χ3v) is 6.36. The Morgan fingerprint density at radius 3 is 2.34 bits per heavy atom. The molecule has 2 unspecified atom stereocenters. The van der Waals surface area contributed by atoms with E-state index in [2.05, 4.69) is 17.1 Å². The van der Waals surface area contributed by atoms with Crippen molar-refractivity contribution in [2.45, 2.75) is 90.1 Å². The predicted molar refractivity (Wildman–Crippen MR) is 115 cm³/mol. The van der Waals surface area contributed by atoms with Gasteiger partial charge in [0.25, 0.3) is 0 Å². The van der Waals surface area contributed by atoms with Gasteiger partial charge in [0.2, 0.25) is 5.91 Å². The van der Waals surface area contributed by atoms with E-state index in [9.17, 15) is 13.6 Å². The Hall–Kier alpha value is -1.49. The molecule has 0 aromatic heterocycles. The SMILES string of the molecule is CCCCCCCCCc1ccc(CN(C)C2CCC(C(=O)NC)C2)c(F)c1F. The molecular formula is C24H38F2N2O. The van der Waals surface area contributed by atoms with Crippen LogP contribution in [0.5, 0.6) is 0 Å². The Morgan fingerprint density at radius 2 is 1.66 bits per heavy atom. The fraction of sp³-hybridized carbons (Fsp3) is 0.708. The summed E-state index contributed by atoms with van der Waals surface area (Å²) >= 11 is 0. The van der Waals surface area contributed by atoms with E-state index in [4.69, 9.17) is 0 Å². The molecule has 1 amide bonds. The number of hydrogen-bond donors (Lipinski definition) is 1. The van der Waals surface area contributed by atoms with Crippen LogP contribution in [0, 0.1) is 17.6 Å². The normalized spacial score (nSPS) is 19.1. The van der Waals surface area contributed by atoms with Crippen LogP contribution in [0.25, 0.3) is 0 Å². The van der Waals surface area contributed by atoms with E-state index in [-0.39, 0.29) is 17.9 Å². The van der Waals surface area contributed by atoms with Crippen LogP contribution < -0.4 is 5.32 Å². The first-order valence-corrected chi connectivity index (χ1v) is 11.4. The van der Waals surface area contributed by atoms with E-state index in [0.29, 0.717) is 24.1 Å². The van der Waals surface area contributed by atoms with Crippen LogP contribution in [0.3, 0.4) is 0 Å². The zero-order valence-electron chi connectivity index (χ0n) is 18.4. The molecule has 2 rings (SSSR count). The number of carbonyl (C=O) groups excluding carboxylic acids is 1. The maximum Gasteiger partial charge on any atom is 0.222 e. The zero-order chi connectivity index (χ0) is 21.2. The minimum absolute atomic E-state index is 0.0263. The predicted octanol–water partition coefficient (Wildman–Crippen LogP) is 5.60. The van der Waals surface area contributed by atoms with Crippen molar-refractivity contribution in [3.05, 3.63) is 34.9 Å². The summed E-state index contributed by atoms with van der Waals surface area (Å²) in [5, 5.41) is 2.71. The highest BCUT2D eigenvalue weighted by atomic mass is 19.2. The Labute approximate surface area is 175 Å². The monoisotopic (exact) mass is 408 g/mol. The molecule has 1 aliphatic carbocycles. The van der Waals surface area contributed by atoms with Crippen molar-refractivity contribution >= 4 is 5.91 Å². The van der Waals surface area contributed by atoms with E-state index in [1.807, 2.05) is 7.05 Å². The van der Waals surface area contributed by atoms with Crippen LogP contribution in [0.1, 0.15) is 82.3 Å². The number of amides is 1. The second kappa shape index (κ2) is 12.3. The van der Waals surface area contributed by atoms with Gasteiger partial charge >= 0.3 is 0 Å². The van der Waals surface area contributed by atoms with Crippen molar-refractivity contribution in [2.75, 3.05) is 14.1 Å². The maximum atomic E-state index is 14.6. The van der Waals surface area contributed by atoms with Crippen molar-refractivity contribution in [1.82, 2.24) is 10.2 Å². The van der Waals surface area contributed by atoms with Gasteiger partial charge in [-0.15, -0.1) is 0 Å². The molecule has 0 heterocycles. The molecule has 164 valence electrons. The molecule has 3 nitrogen and oxygen atoms in total. The summed E-state index contributed by atoms with van der Waals surface area (Å²) < 4.78 is 29.2. The Morgan fingerprint density at radius 1 is 1.03 bits per heavy atom. The number of nitrogens with one attached hydrogen (secondary N) is 1. The number of hydrogen-bond acceptors (Lipinski definition) is 2. The fourth-order valence-electron chi connectivity index (χ4n) is 4.42. The third kappa shape index (κ3) is 7.06. The zero-order valence-corrected chi connectivity index (χ0v) is 18.4. The number of aryl methyl sites for hydroxylation is 1. The van der Waals surface area contributed by atoms with Gasteiger partial charge in [-0.25, -0.2) is 8.78 Å². The average molecular weight is 409 g/mol. The number of unbranched alkanes of at least 4 members (excludes halogenated alkanes) is 6. The van der Waals surface area contributed by atoms with E-state index < -0.39 is 11.6 Å². The molecule has 2 atom stereocenters. The van der Waals surface area contributed by atoms with Gasteiger partial charge < -0.3 is 5.32 Å². The van der Waals surface area contributed by atoms with Gasteiger partial charge in [-0.2, -0.15) is 0 Å². The number of benzene rings is 1. The summed E-state index contributed by atoms with van der Waals surface area (Å²) in [6.45, 7) is 2.57. The third-order valence-electron chi connectivity index (χ3n) is 6.36. The lowest BCUT2D eigenvalue weighted by Gasteiger charge is -2.25. The van der Waals surface area contributed by atoms with Crippen LogP contribution in [-0.4, -0.2) is 30.9 Å². The lowest BCUT2D eigenvalue weighted by Crippen LogP contribution is -2.31. The van der Waals surface area contributed by atoms with Crippen molar-refractivity contribution in [1.29, 1.82) is 0 Å². The number of carbonyl (C=O) groups is 1. The average Bonchev–Trinajstić information content (AvgIpc) is 3.22. The molecule has 5 heteroatoms. The molecule has 0 saturated heterocycles. The number of rotatable bonds is 12. The molecule has 1 aromatic carbocycles. The highest BCUT2D eigenvalue weighted by Gasteiger charge is 2.31. The first kappa shape index (κ1) is 23.8. The second-order valence-electron chi connectivity index (χ2n) is 8.58. The van der Waals surface area contributed by atoms with Crippen molar-refractivity contribution in [3.8, 4) is 0 Å². The summed E-state index contributed by atoms with van der Waals surface area (Å²) in [6.07, 6.45) is 11.3. The molecule has 0 aliphatic heterocycles. The minimum Gasteiger partial charge on any atom is -0.359 e. The van der Waals surface area contributed by atoms with Crippen LogP contribution >= 0.6 is 0 Å². The van der Waals surface area contributed by atoms with Crippen LogP contribution in [0.15, 0.2) is 12.1 Å². The highest BCUT2D eigenvalue weighted by molar-refractivity contribution is 5.78. The lowest BCUT2D eigenvalue weighted by molar-refractivity contribution is -0.124. The summed E-state index contributed by atoms with van der Waals surface area (Å²) in [6, 6.07) is 3.71. The fourth-order valence-corrected chi connectivity index (χ4v) is 4.42. The van der Waals surface area contributed by atoms with Gasteiger partial charge in [0.1, 0.15) is 0 Å². The van der Waals surface area contributed by atoms with Gasteiger partial charge in [-0.1, -0.05) is 57.6 Å². The van der Waals surface area contributed by atoms with E-state index in [0.717, 1.165) is 32.1 Å². The first-order valence-electron chi connectivity index (χ1n) is 11.4. The Kier molecular flexibility index (Phi) is 10.1. The smallest absolute Gasteiger partial charge is 0.222 e. The van der Waals surface area contributed by atoms with Crippen molar-refractivity contribution in [3.63, 3.8) is 0 Å². The largest absolute Gasteiger partial charge is 0.359 e. The van der Waals surface area contributed by atoms with Gasteiger partial charge in [-0.05, 0) is 44.7 Å². The summed E-state index contributed by atoms with van der Waals surface area (Å²) in [4.78, 5) is 13.9. The summed E-state index contributed by atoms with van der Waals surface area (Å²) in [5.74, 6) is -1.29. The molecule has 1 fully saturated rings. The molecular weight excluding hydrogens is 370 g/mol. The van der Waals surface area contributed by atoms with Gasteiger partial charge in [0.05, 0.1) is 0 Å². The highest BCUT2D eigenvalue weighted by Crippen LogP contribution is 2.30. The van der Waals surface area contributed by atoms with E-state index >= 15 is 0 Å². The van der Waals surface area contributed by atoms with Crippen LogP contribution in [-0.2, 0) is 17.8 Å². The standard InChI is InChI=1S/C24H38F2N2O/c1-4-5-6-7-8-9-10-11-18-12-13-20(23(26)22(18)25)17-28(3)21-15-14-19(16-21)24(29)27-2/h12-13,19,21H,4-11,14-17H2,1-3H3,(H,27,29). The van der Waals surface area contributed by atoms with E-state index in [1.165, 1.54) is 32.1 Å². The lowest BCUT2D eigenvalue weighted by atomic mass is 10.0.